The van der Waals surface area contributed by atoms with E-state index in [1.54, 1.807) is 18.2 Å². The van der Waals surface area contributed by atoms with Crippen LogP contribution in [0.4, 0.5) is 0 Å². The van der Waals surface area contributed by atoms with Crippen LogP contribution in [0.1, 0.15) is 4.88 Å². The van der Waals surface area contributed by atoms with Crippen molar-refractivity contribution >= 4 is 49.1 Å². The van der Waals surface area contributed by atoms with Crippen molar-refractivity contribution in [2.45, 2.75) is 0 Å². The average molecular weight is 366 g/mol. The largest absolute Gasteiger partial charge is 0.269 e. The second-order valence-corrected chi connectivity index (χ2v) is 6.23. The van der Waals surface area contributed by atoms with Crippen LogP contribution in [0.15, 0.2) is 45.7 Å². The summed E-state index contributed by atoms with van der Waals surface area (Å²) >= 11 is 10.8. The van der Waals surface area contributed by atoms with E-state index in [0.717, 1.165) is 5.39 Å². The van der Waals surface area contributed by atoms with Crippen LogP contribution in [0.2, 0.25) is 5.02 Å². The zero-order valence-corrected chi connectivity index (χ0v) is 13.1. The molecule has 0 radical (unpaired) electrons. The summed E-state index contributed by atoms with van der Waals surface area (Å²) in [6.07, 6.45) is 0. The number of hydrogen-bond donors (Lipinski definition) is 0. The first-order valence-electron chi connectivity index (χ1n) is 5.62. The molecule has 0 bridgehead atoms. The van der Waals surface area contributed by atoms with Crippen LogP contribution >= 0.6 is 38.9 Å². The van der Waals surface area contributed by atoms with E-state index >= 15 is 0 Å². The Balaban J connectivity index is 2.48. The van der Waals surface area contributed by atoms with Crippen LogP contribution in [-0.4, -0.2) is 4.57 Å². The summed E-state index contributed by atoms with van der Waals surface area (Å²) in [7, 11) is 0. The van der Waals surface area contributed by atoms with E-state index in [4.69, 9.17) is 16.9 Å². The van der Waals surface area contributed by atoms with Crippen LogP contribution in [-0.2, 0) is 0 Å². The van der Waals surface area contributed by atoms with Gasteiger partial charge in [-0.2, -0.15) is 5.26 Å². The van der Waals surface area contributed by atoms with Gasteiger partial charge in [-0.3, -0.25) is 9.36 Å². The molecule has 0 aliphatic heterocycles. The van der Waals surface area contributed by atoms with E-state index in [1.807, 2.05) is 12.1 Å². The minimum absolute atomic E-state index is 0.177. The number of rotatable bonds is 1. The molecule has 2 heterocycles. The molecule has 0 saturated carbocycles. The lowest BCUT2D eigenvalue weighted by molar-refractivity contribution is 1.06. The third kappa shape index (κ3) is 1.97. The standard InChI is InChI=1S/C14H6BrClN2OS/c15-13-8-5-6-12(19)18(14(8)20-11(13)7-17)10-4-2-1-3-9(10)16/h1-6H. The summed E-state index contributed by atoms with van der Waals surface area (Å²) in [6.45, 7) is 0. The maximum atomic E-state index is 12.2. The van der Waals surface area contributed by atoms with E-state index in [-0.39, 0.29) is 5.56 Å². The van der Waals surface area contributed by atoms with Crippen LogP contribution in [0.3, 0.4) is 0 Å². The molecule has 2 aromatic heterocycles. The highest BCUT2D eigenvalue weighted by molar-refractivity contribution is 9.10. The first-order chi connectivity index (χ1) is 9.63. The van der Waals surface area contributed by atoms with Crippen molar-refractivity contribution in [1.29, 1.82) is 5.26 Å². The minimum atomic E-state index is -0.177. The summed E-state index contributed by atoms with van der Waals surface area (Å²) in [5, 5.41) is 10.4. The number of benzene rings is 1. The van der Waals surface area contributed by atoms with E-state index in [1.165, 1.54) is 22.0 Å². The highest BCUT2D eigenvalue weighted by atomic mass is 79.9. The van der Waals surface area contributed by atoms with Gasteiger partial charge in [0.1, 0.15) is 15.8 Å². The Morgan fingerprint density at radius 1 is 1.25 bits per heavy atom. The number of para-hydroxylation sites is 1. The van der Waals surface area contributed by atoms with Crippen LogP contribution in [0.25, 0.3) is 15.9 Å². The first-order valence-corrected chi connectivity index (χ1v) is 7.61. The Labute approximate surface area is 131 Å². The first kappa shape index (κ1) is 13.4. The predicted octanol–water partition coefficient (Wildman–Crippen LogP) is 4.34. The molecule has 3 aromatic rings. The SMILES string of the molecule is N#Cc1sc2c(ccc(=O)n2-c2ccccc2Cl)c1Br. The van der Waals surface area contributed by atoms with Gasteiger partial charge in [0.15, 0.2) is 0 Å². The summed E-state index contributed by atoms with van der Waals surface area (Å²) in [4.78, 5) is 13.4. The summed E-state index contributed by atoms with van der Waals surface area (Å²) in [6, 6.07) is 12.5. The molecule has 0 unspecified atom stereocenters. The molecule has 0 aliphatic rings. The summed E-state index contributed by atoms with van der Waals surface area (Å²) in [5.41, 5.74) is 0.437. The summed E-state index contributed by atoms with van der Waals surface area (Å²) < 4.78 is 2.24. The maximum Gasteiger partial charge on any atom is 0.256 e. The molecule has 0 fully saturated rings. The minimum Gasteiger partial charge on any atom is -0.269 e. The molecule has 3 nitrogen and oxygen atoms in total. The van der Waals surface area contributed by atoms with Crippen molar-refractivity contribution in [3.8, 4) is 11.8 Å². The molecule has 6 heteroatoms. The van der Waals surface area contributed by atoms with Crippen molar-refractivity contribution < 1.29 is 0 Å². The lowest BCUT2D eigenvalue weighted by Gasteiger charge is -2.08. The van der Waals surface area contributed by atoms with Crippen LogP contribution in [0, 0.1) is 11.3 Å². The normalized spacial score (nSPS) is 10.7. The fourth-order valence-electron chi connectivity index (χ4n) is 1.99. The zero-order valence-electron chi connectivity index (χ0n) is 9.93. The molecule has 98 valence electrons. The zero-order chi connectivity index (χ0) is 14.3. The van der Waals surface area contributed by atoms with Gasteiger partial charge in [-0.15, -0.1) is 11.3 Å². The lowest BCUT2D eigenvalue weighted by atomic mass is 10.2. The van der Waals surface area contributed by atoms with Crippen molar-refractivity contribution in [3.63, 3.8) is 0 Å². The Morgan fingerprint density at radius 3 is 2.70 bits per heavy atom. The van der Waals surface area contributed by atoms with E-state index in [9.17, 15) is 4.79 Å². The molecule has 1 aromatic carbocycles. The highest BCUT2D eigenvalue weighted by Gasteiger charge is 2.15. The Bertz CT molecular complexity index is 923. The molecule has 0 atom stereocenters. The lowest BCUT2D eigenvalue weighted by Crippen LogP contribution is -2.16. The fourth-order valence-corrected chi connectivity index (χ4v) is 3.99. The molecular weight excluding hydrogens is 360 g/mol. The van der Waals surface area contributed by atoms with E-state index < -0.39 is 0 Å². The topological polar surface area (TPSA) is 45.8 Å². The monoisotopic (exact) mass is 364 g/mol. The molecule has 0 aliphatic carbocycles. The maximum absolute atomic E-state index is 12.2. The number of hydrogen-bond acceptors (Lipinski definition) is 3. The van der Waals surface area contributed by atoms with Gasteiger partial charge in [0.2, 0.25) is 0 Å². The predicted molar refractivity (Wildman–Crippen MR) is 84.8 cm³/mol. The molecule has 0 amide bonds. The second kappa shape index (κ2) is 5.06. The number of nitrogens with zero attached hydrogens (tertiary/aromatic N) is 2. The molecule has 20 heavy (non-hydrogen) atoms. The number of halogens is 2. The highest BCUT2D eigenvalue weighted by Crippen LogP contribution is 2.35. The third-order valence-corrected chi connectivity index (χ3v) is 5.38. The number of aromatic nitrogens is 1. The van der Waals surface area contributed by atoms with E-state index in [2.05, 4.69) is 22.0 Å². The summed E-state index contributed by atoms with van der Waals surface area (Å²) in [5.74, 6) is 0. The smallest absolute Gasteiger partial charge is 0.256 e. The van der Waals surface area contributed by atoms with Gasteiger partial charge in [0, 0.05) is 11.5 Å². The number of fused-ring (bicyclic) bond motifs is 1. The number of nitriles is 1. The quantitative estimate of drug-likeness (QED) is 0.644. The third-order valence-electron chi connectivity index (χ3n) is 2.88. The van der Waals surface area contributed by atoms with Crippen molar-refractivity contribution in [2.24, 2.45) is 0 Å². The fraction of sp³-hybridized carbons (Fsp3) is 0. The second-order valence-electron chi connectivity index (χ2n) is 4.03. The van der Waals surface area contributed by atoms with Gasteiger partial charge >= 0.3 is 0 Å². The van der Waals surface area contributed by atoms with Crippen molar-refractivity contribution in [1.82, 2.24) is 4.57 Å². The molecule has 0 saturated heterocycles. The van der Waals surface area contributed by atoms with E-state index in [0.29, 0.717) is 24.9 Å². The number of thiophene rings is 1. The van der Waals surface area contributed by atoms with Crippen LogP contribution in [0.5, 0.6) is 0 Å². The molecule has 3 rings (SSSR count). The van der Waals surface area contributed by atoms with Gasteiger partial charge < -0.3 is 0 Å². The molecule has 0 N–H and O–H groups in total. The molecule has 0 spiro atoms. The number of pyridine rings is 1. The Morgan fingerprint density at radius 2 is 2.00 bits per heavy atom. The van der Waals surface area contributed by atoms with Gasteiger partial charge in [-0.05, 0) is 34.1 Å². The Kier molecular flexibility index (Phi) is 3.38. The van der Waals surface area contributed by atoms with Gasteiger partial charge in [-0.1, -0.05) is 23.7 Å². The molecular formula is C14H6BrClN2OS. The van der Waals surface area contributed by atoms with Crippen molar-refractivity contribution in [3.05, 3.63) is 61.1 Å². The average Bonchev–Trinajstić information content (AvgIpc) is 2.77. The van der Waals surface area contributed by atoms with Gasteiger partial charge in [0.05, 0.1) is 15.2 Å². The Hall–Kier alpha value is -1.61. The van der Waals surface area contributed by atoms with Gasteiger partial charge in [-0.25, -0.2) is 0 Å². The van der Waals surface area contributed by atoms with Crippen LogP contribution < -0.4 is 5.56 Å². The van der Waals surface area contributed by atoms with Gasteiger partial charge in [0.25, 0.3) is 5.56 Å². The van der Waals surface area contributed by atoms with Crippen molar-refractivity contribution in [2.75, 3.05) is 0 Å².